The molecule has 0 atom stereocenters. The Kier molecular flexibility index (Phi) is 9.08. The van der Waals surface area contributed by atoms with Crippen molar-refractivity contribution in [3.05, 3.63) is 64.7 Å². The molecule has 0 amide bonds. The van der Waals surface area contributed by atoms with Crippen molar-refractivity contribution >= 4 is 45.6 Å². The minimum atomic E-state index is -3.40. The third kappa shape index (κ3) is 6.66. The molecule has 3 N–H and O–H groups in total. The maximum atomic E-state index is 12.7. The molecular weight excluding hydrogens is 515 g/mol. The molecule has 0 spiro atoms. The predicted octanol–water partition coefficient (Wildman–Crippen LogP) is 3.01. The summed E-state index contributed by atoms with van der Waals surface area (Å²) in [5, 5.41) is 3.09. The number of hydrogen-bond acceptors (Lipinski definition) is 4. The molecule has 3 rings (SSSR count). The van der Waals surface area contributed by atoms with Crippen molar-refractivity contribution in [1.29, 1.82) is 0 Å². The van der Waals surface area contributed by atoms with E-state index in [1.54, 1.807) is 0 Å². The van der Waals surface area contributed by atoms with Crippen LogP contribution in [-0.4, -0.2) is 45.0 Å². The number of hydrogen-bond donors (Lipinski definition) is 2. The van der Waals surface area contributed by atoms with E-state index in [4.69, 9.17) is 10.5 Å². The Balaban J connectivity index is 0.00000320. The summed E-state index contributed by atoms with van der Waals surface area (Å²) in [5.74, 6) is 0.238. The van der Waals surface area contributed by atoms with Gasteiger partial charge >= 0.3 is 0 Å². The number of benzene rings is 2. The second kappa shape index (κ2) is 11.1. The van der Waals surface area contributed by atoms with Crippen LogP contribution in [0, 0.1) is 13.8 Å². The van der Waals surface area contributed by atoms with E-state index in [1.807, 2.05) is 49.4 Å². The van der Waals surface area contributed by atoms with E-state index in [2.05, 4.69) is 17.2 Å². The van der Waals surface area contributed by atoms with Crippen LogP contribution in [0.3, 0.4) is 0 Å². The maximum absolute atomic E-state index is 12.7. The number of aryl methyl sites for hydroxylation is 2. The average molecular weight is 544 g/mol. The monoisotopic (exact) mass is 544 g/mol. The summed E-state index contributed by atoms with van der Waals surface area (Å²) in [6.45, 7) is 6.07. The lowest BCUT2D eigenvalue weighted by molar-refractivity contribution is 0.0729. The first-order chi connectivity index (χ1) is 13.8. The quantitative estimate of drug-likeness (QED) is 0.331. The predicted molar refractivity (Wildman–Crippen MR) is 132 cm³/mol. The molecule has 0 bridgehead atoms. The van der Waals surface area contributed by atoms with Gasteiger partial charge in [0.1, 0.15) is 0 Å². The molecule has 0 unspecified atom stereocenters. The third-order valence-electron chi connectivity index (χ3n) is 5.02. The number of nitrogens with zero attached hydrogens (tertiary/aromatic N) is 2. The van der Waals surface area contributed by atoms with E-state index in [0.717, 1.165) is 16.8 Å². The minimum absolute atomic E-state index is 0. The van der Waals surface area contributed by atoms with Gasteiger partial charge in [0.2, 0.25) is 10.0 Å². The Morgan fingerprint density at radius 3 is 2.43 bits per heavy atom. The second-order valence-corrected chi connectivity index (χ2v) is 9.13. The smallest absolute Gasteiger partial charge is 0.218 e. The van der Waals surface area contributed by atoms with Crippen LogP contribution in [0.1, 0.15) is 22.3 Å². The molecule has 2 aromatic carbocycles. The minimum Gasteiger partial charge on any atom is -0.379 e. The summed E-state index contributed by atoms with van der Waals surface area (Å²) in [5.41, 5.74) is 10.9. The normalized spacial score (nSPS) is 15.5. The van der Waals surface area contributed by atoms with Gasteiger partial charge in [-0.15, -0.1) is 24.0 Å². The SMILES string of the molecule is Cc1ccc(NC(N)=NCc2ccccc2CS(=O)(=O)N2CCOCC2)cc1C.I. The molecule has 7 nitrogen and oxygen atoms in total. The van der Waals surface area contributed by atoms with E-state index in [1.165, 1.54) is 15.4 Å². The number of rotatable bonds is 6. The van der Waals surface area contributed by atoms with Gasteiger partial charge in [0.15, 0.2) is 5.96 Å². The fourth-order valence-corrected chi connectivity index (χ4v) is 4.70. The molecule has 1 fully saturated rings. The summed E-state index contributed by atoms with van der Waals surface area (Å²) in [7, 11) is -3.40. The molecule has 2 aromatic rings. The highest BCUT2D eigenvalue weighted by atomic mass is 127. The summed E-state index contributed by atoms with van der Waals surface area (Å²) < 4.78 is 32.2. The highest BCUT2D eigenvalue weighted by Gasteiger charge is 2.25. The van der Waals surface area contributed by atoms with Gasteiger partial charge in [0, 0.05) is 18.8 Å². The van der Waals surface area contributed by atoms with E-state index in [9.17, 15) is 8.42 Å². The zero-order valence-electron chi connectivity index (χ0n) is 17.3. The number of morpholine rings is 1. The molecule has 1 saturated heterocycles. The van der Waals surface area contributed by atoms with Crippen molar-refractivity contribution in [2.24, 2.45) is 10.7 Å². The van der Waals surface area contributed by atoms with Crippen LogP contribution in [0.15, 0.2) is 47.5 Å². The first kappa shape index (κ1) is 24.6. The summed E-state index contributed by atoms with van der Waals surface area (Å²) in [4.78, 5) is 4.40. The lowest BCUT2D eigenvalue weighted by Crippen LogP contribution is -2.41. The summed E-state index contributed by atoms with van der Waals surface area (Å²) >= 11 is 0. The second-order valence-electron chi connectivity index (χ2n) is 7.16. The van der Waals surface area contributed by atoms with Crippen molar-refractivity contribution in [3.63, 3.8) is 0 Å². The van der Waals surface area contributed by atoms with Gasteiger partial charge in [0.05, 0.1) is 25.5 Å². The Bertz CT molecular complexity index is 989. The summed E-state index contributed by atoms with van der Waals surface area (Å²) in [6, 6.07) is 13.4. The van der Waals surface area contributed by atoms with Crippen molar-refractivity contribution in [3.8, 4) is 0 Å². The molecule has 164 valence electrons. The summed E-state index contributed by atoms with van der Waals surface area (Å²) in [6.07, 6.45) is 0. The molecule has 0 aromatic heterocycles. The number of anilines is 1. The van der Waals surface area contributed by atoms with Crippen LogP contribution in [0.25, 0.3) is 0 Å². The van der Waals surface area contributed by atoms with Gasteiger partial charge in [0.25, 0.3) is 0 Å². The third-order valence-corrected chi connectivity index (χ3v) is 6.85. The highest BCUT2D eigenvalue weighted by Crippen LogP contribution is 2.18. The number of sulfonamides is 1. The van der Waals surface area contributed by atoms with E-state index in [-0.39, 0.29) is 29.7 Å². The van der Waals surface area contributed by atoms with Gasteiger partial charge in [-0.2, -0.15) is 4.31 Å². The molecule has 0 radical (unpaired) electrons. The number of aliphatic imine (C=N–C) groups is 1. The molecule has 0 aliphatic carbocycles. The highest BCUT2D eigenvalue weighted by molar-refractivity contribution is 14.0. The Hall–Kier alpha value is -1.69. The first-order valence-corrected chi connectivity index (χ1v) is 11.2. The lowest BCUT2D eigenvalue weighted by atomic mass is 10.1. The van der Waals surface area contributed by atoms with Crippen LogP contribution < -0.4 is 11.1 Å². The van der Waals surface area contributed by atoms with Crippen LogP contribution in [0.4, 0.5) is 5.69 Å². The van der Waals surface area contributed by atoms with Crippen molar-refractivity contribution in [1.82, 2.24) is 4.31 Å². The zero-order valence-corrected chi connectivity index (χ0v) is 20.4. The average Bonchev–Trinajstić information content (AvgIpc) is 2.70. The standard InChI is InChI=1S/C21H28N4O3S.HI/c1-16-7-8-20(13-17(16)2)24-21(22)23-14-18-5-3-4-6-19(18)15-29(26,27)25-9-11-28-12-10-25;/h3-8,13H,9-12,14-15H2,1-2H3,(H3,22,23,24);1H. The van der Waals surface area contributed by atoms with Crippen LogP contribution in [-0.2, 0) is 27.1 Å². The topological polar surface area (TPSA) is 97.0 Å². The molecule has 1 heterocycles. The van der Waals surface area contributed by atoms with E-state index < -0.39 is 10.0 Å². The number of nitrogens with one attached hydrogen (secondary N) is 1. The van der Waals surface area contributed by atoms with Gasteiger partial charge in [-0.05, 0) is 48.2 Å². The van der Waals surface area contributed by atoms with Crippen molar-refractivity contribution < 1.29 is 13.2 Å². The fourth-order valence-electron chi connectivity index (χ4n) is 3.14. The van der Waals surface area contributed by atoms with Crippen molar-refractivity contribution in [2.45, 2.75) is 26.1 Å². The Labute approximate surface area is 195 Å². The Morgan fingerprint density at radius 1 is 1.10 bits per heavy atom. The molecule has 1 aliphatic rings. The number of ether oxygens (including phenoxy) is 1. The van der Waals surface area contributed by atoms with Gasteiger partial charge in [-0.25, -0.2) is 13.4 Å². The van der Waals surface area contributed by atoms with Crippen LogP contribution in [0.2, 0.25) is 0 Å². The fraction of sp³-hybridized carbons (Fsp3) is 0.381. The van der Waals surface area contributed by atoms with Gasteiger partial charge < -0.3 is 15.8 Å². The van der Waals surface area contributed by atoms with Crippen molar-refractivity contribution in [2.75, 3.05) is 31.6 Å². The first-order valence-electron chi connectivity index (χ1n) is 9.62. The lowest BCUT2D eigenvalue weighted by Gasteiger charge is -2.26. The number of halogens is 1. The molecule has 1 aliphatic heterocycles. The van der Waals surface area contributed by atoms with E-state index >= 15 is 0 Å². The molecule has 30 heavy (non-hydrogen) atoms. The van der Waals surface area contributed by atoms with E-state index in [0.29, 0.717) is 38.8 Å². The van der Waals surface area contributed by atoms with Gasteiger partial charge in [-0.3, -0.25) is 0 Å². The largest absolute Gasteiger partial charge is 0.379 e. The van der Waals surface area contributed by atoms with Crippen LogP contribution in [0.5, 0.6) is 0 Å². The molecular formula is C21H29IN4O3S. The molecule has 9 heteroatoms. The van der Waals surface area contributed by atoms with Crippen LogP contribution >= 0.6 is 24.0 Å². The van der Waals surface area contributed by atoms with Gasteiger partial charge in [-0.1, -0.05) is 30.3 Å². The molecule has 0 saturated carbocycles. The number of nitrogens with two attached hydrogens (primary N) is 1. The number of guanidine groups is 1. The maximum Gasteiger partial charge on any atom is 0.218 e. The Morgan fingerprint density at radius 2 is 1.77 bits per heavy atom. The zero-order chi connectivity index (χ0) is 20.9.